The van der Waals surface area contributed by atoms with E-state index in [1.165, 1.54) is 11.1 Å². The van der Waals surface area contributed by atoms with E-state index in [9.17, 15) is 0 Å². The normalized spacial score (nSPS) is 12.8. The summed E-state index contributed by atoms with van der Waals surface area (Å²) < 4.78 is 0. The summed E-state index contributed by atoms with van der Waals surface area (Å²) in [4.78, 5) is 0. The Hall–Kier alpha value is -0.510. The monoisotopic (exact) mass is 295 g/mol. The maximum atomic E-state index is 8.83. The lowest BCUT2D eigenvalue weighted by molar-refractivity contribution is 0.296. The van der Waals surface area contributed by atoms with Crippen LogP contribution >= 0.6 is 11.8 Å². The Bertz CT molecular complexity index is 351. The van der Waals surface area contributed by atoms with Gasteiger partial charge < -0.3 is 10.4 Å². The number of thioether (sulfide) groups is 1. The third-order valence-electron chi connectivity index (χ3n) is 3.21. The second kappa shape index (κ2) is 10.3. The molecule has 0 fully saturated rings. The van der Waals surface area contributed by atoms with Gasteiger partial charge in [0.2, 0.25) is 0 Å². The van der Waals surface area contributed by atoms with Gasteiger partial charge in [-0.15, -0.1) is 0 Å². The van der Waals surface area contributed by atoms with Crippen LogP contribution in [-0.2, 0) is 6.42 Å². The third kappa shape index (κ3) is 6.78. The van der Waals surface area contributed by atoms with Gasteiger partial charge in [-0.1, -0.05) is 45.0 Å². The average molecular weight is 295 g/mol. The van der Waals surface area contributed by atoms with E-state index in [0.717, 1.165) is 30.9 Å². The Morgan fingerprint density at radius 2 is 1.90 bits per heavy atom. The van der Waals surface area contributed by atoms with Crippen LogP contribution in [0.1, 0.15) is 44.4 Å². The summed E-state index contributed by atoms with van der Waals surface area (Å²) in [5.41, 5.74) is 2.79. The molecule has 0 radical (unpaired) electrons. The highest BCUT2D eigenvalue weighted by molar-refractivity contribution is 7.99. The lowest BCUT2D eigenvalue weighted by Gasteiger charge is -2.18. The standard InChI is InChI=1S/C17H29NOS/c1-4-18-17(13-20-11-5-10-19)16-8-6-15(7-9-16)12-14(2)3/h6-9,14,17-19H,4-5,10-13H2,1-3H3. The van der Waals surface area contributed by atoms with Crippen molar-refractivity contribution in [2.24, 2.45) is 5.92 Å². The third-order valence-corrected chi connectivity index (χ3v) is 4.35. The maximum absolute atomic E-state index is 8.83. The quantitative estimate of drug-likeness (QED) is 0.646. The molecule has 3 heteroatoms. The average Bonchev–Trinajstić information content (AvgIpc) is 2.43. The van der Waals surface area contributed by atoms with Crippen molar-refractivity contribution in [1.82, 2.24) is 5.32 Å². The van der Waals surface area contributed by atoms with Crippen molar-refractivity contribution in [2.45, 2.75) is 39.7 Å². The Labute approximate surface area is 128 Å². The first kappa shape index (κ1) is 17.5. The number of aliphatic hydroxyl groups excluding tert-OH is 1. The smallest absolute Gasteiger partial charge is 0.0438 e. The second-order valence-electron chi connectivity index (χ2n) is 5.60. The highest BCUT2D eigenvalue weighted by Gasteiger charge is 2.10. The van der Waals surface area contributed by atoms with Crippen LogP contribution in [0.4, 0.5) is 0 Å². The topological polar surface area (TPSA) is 32.3 Å². The van der Waals surface area contributed by atoms with Gasteiger partial charge in [0.25, 0.3) is 0 Å². The number of nitrogens with one attached hydrogen (secondary N) is 1. The van der Waals surface area contributed by atoms with E-state index in [4.69, 9.17) is 5.11 Å². The van der Waals surface area contributed by atoms with E-state index >= 15 is 0 Å². The zero-order valence-corrected chi connectivity index (χ0v) is 13.9. The Morgan fingerprint density at radius 3 is 2.45 bits per heavy atom. The van der Waals surface area contributed by atoms with Crippen LogP contribution in [0.15, 0.2) is 24.3 Å². The van der Waals surface area contributed by atoms with Gasteiger partial charge in [0.05, 0.1) is 0 Å². The van der Waals surface area contributed by atoms with Crippen molar-refractivity contribution in [3.63, 3.8) is 0 Å². The van der Waals surface area contributed by atoms with Gasteiger partial charge in [0.15, 0.2) is 0 Å². The van der Waals surface area contributed by atoms with Crippen molar-refractivity contribution >= 4 is 11.8 Å². The van der Waals surface area contributed by atoms with Crippen LogP contribution in [0.3, 0.4) is 0 Å². The molecule has 0 aromatic heterocycles. The number of benzene rings is 1. The zero-order valence-electron chi connectivity index (χ0n) is 13.1. The Balaban J connectivity index is 2.56. The summed E-state index contributed by atoms with van der Waals surface area (Å²) in [7, 11) is 0. The zero-order chi connectivity index (χ0) is 14.8. The summed E-state index contributed by atoms with van der Waals surface area (Å²) in [6.07, 6.45) is 2.04. The molecule has 2 N–H and O–H groups in total. The summed E-state index contributed by atoms with van der Waals surface area (Å²) in [6.45, 7) is 7.95. The summed E-state index contributed by atoms with van der Waals surface area (Å²) >= 11 is 1.91. The molecule has 0 amide bonds. The lowest BCUT2D eigenvalue weighted by Crippen LogP contribution is -2.23. The van der Waals surface area contributed by atoms with Gasteiger partial charge in [0.1, 0.15) is 0 Å². The molecule has 1 rings (SSSR count). The molecule has 1 unspecified atom stereocenters. The first-order chi connectivity index (χ1) is 9.67. The van der Waals surface area contributed by atoms with E-state index in [1.54, 1.807) is 0 Å². The number of rotatable bonds is 10. The van der Waals surface area contributed by atoms with Crippen LogP contribution in [0.25, 0.3) is 0 Å². The number of aliphatic hydroxyl groups is 1. The van der Waals surface area contributed by atoms with Crippen molar-refractivity contribution in [2.75, 3.05) is 24.7 Å². The molecule has 0 bridgehead atoms. The van der Waals surface area contributed by atoms with Gasteiger partial charge in [0, 0.05) is 18.4 Å². The summed E-state index contributed by atoms with van der Waals surface area (Å²) in [6, 6.07) is 9.46. The van der Waals surface area contributed by atoms with Crippen LogP contribution in [0.5, 0.6) is 0 Å². The van der Waals surface area contributed by atoms with Crippen molar-refractivity contribution in [3.05, 3.63) is 35.4 Å². The molecule has 1 aromatic rings. The van der Waals surface area contributed by atoms with Gasteiger partial charge in [-0.05, 0) is 42.2 Å². The molecule has 0 saturated heterocycles. The second-order valence-corrected chi connectivity index (χ2v) is 6.75. The van der Waals surface area contributed by atoms with E-state index in [0.29, 0.717) is 18.6 Å². The minimum atomic E-state index is 0.294. The predicted molar refractivity (Wildman–Crippen MR) is 90.4 cm³/mol. The molecule has 0 spiro atoms. The fraction of sp³-hybridized carbons (Fsp3) is 0.647. The fourth-order valence-corrected chi connectivity index (χ4v) is 3.29. The molecule has 20 heavy (non-hydrogen) atoms. The molecular formula is C17H29NOS. The Kier molecular flexibility index (Phi) is 8.99. The molecule has 0 saturated carbocycles. The molecule has 1 aromatic carbocycles. The molecular weight excluding hydrogens is 266 g/mol. The SMILES string of the molecule is CCNC(CSCCCO)c1ccc(CC(C)C)cc1. The molecule has 0 aliphatic heterocycles. The molecule has 0 aliphatic rings. The molecule has 0 aliphatic carbocycles. The lowest BCUT2D eigenvalue weighted by atomic mass is 10.00. The molecule has 2 nitrogen and oxygen atoms in total. The van der Waals surface area contributed by atoms with Crippen LogP contribution in [-0.4, -0.2) is 29.8 Å². The predicted octanol–water partition coefficient (Wildman–Crippen LogP) is 3.65. The van der Waals surface area contributed by atoms with Gasteiger partial charge in [-0.2, -0.15) is 11.8 Å². The Morgan fingerprint density at radius 1 is 1.20 bits per heavy atom. The highest BCUT2D eigenvalue weighted by Crippen LogP contribution is 2.20. The first-order valence-electron chi connectivity index (χ1n) is 7.68. The first-order valence-corrected chi connectivity index (χ1v) is 8.83. The molecule has 114 valence electrons. The van der Waals surface area contributed by atoms with Crippen LogP contribution < -0.4 is 5.32 Å². The minimum Gasteiger partial charge on any atom is -0.396 e. The molecule has 0 heterocycles. The summed E-state index contributed by atoms with van der Waals surface area (Å²) in [5.74, 6) is 2.81. The van der Waals surface area contributed by atoms with E-state index in [2.05, 4.69) is 50.4 Å². The van der Waals surface area contributed by atoms with E-state index < -0.39 is 0 Å². The van der Waals surface area contributed by atoms with Gasteiger partial charge in [-0.25, -0.2) is 0 Å². The summed E-state index contributed by atoms with van der Waals surface area (Å²) in [5, 5.41) is 12.4. The molecule has 1 atom stereocenters. The highest BCUT2D eigenvalue weighted by atomic mass is 32.2. The van der Waals surface area contributed by atoms with E-state index in [1.807, 2.05) is 11.8 Å². The van der Waals surface area contributed by atoms with Crippen LogP contribution in [0, 0.1) is 5.92 Å². The number of hydrogen-bond donors (Lipinski definition) is 2. The van der Waals surface area contributed by atoms with Crippen molar-refractivity contribution in [3.8, 4) is 0 Å². The van der Waals surface area contributed by atoms with Crippen molar-refractivity contribution in [1.29, 1.82) is 0 Å². The van der Waals surface area contributed by atoms with Gasteiger partial charge in [-0.3, -0.25) is 0 Å². The minimum absolute atomic E-state index is 0.294. The fourth-order valence-electron chi connectivity index (χ4n) is 2.24. The largest absolute Gasteiger partial charge is 0.396 e. The van der Waals surface area contributed by atoms with Crippen LogP contribution in [0.2, 0.25) is 0 Å². The number of hydrogen-bond acceptors (Lipinski definition) is 3. The van der Waals surface area contributed by atoms with E-state index in [-0.39, 0.29) is 0 Å². The van der Waals surface area contributed by atoms with Crippen molar-refractivity contribution < 1.29 is 5.11 Å². The van der Waals surface area contributed by atoms with Gasteiger partial charge >= 0.3 is 0 Å². The maximum Gasteiger partial charge on any atom is 0.0438 e.